The number of amides is 1. The highest BCUT2D eigenvalue weighted by Crippen LogP contribution is 2.31. The predicted octanol–water partition coefficient (Wildman–Crippen LogP) is 2.70. The van der Waals surface area contributed by atoms with E-state index in [0.29, 0.717) is 9.32 Å². The standard InChI is InChI=1S/C16H15IN2O3/c1-22-14-8-12(7-13(17)16(14)21)10-18-19-15(20)9-11-5-3-2-4-6-11/h2-8,10,21H,9H2,1H3,(H,19,20)/b18-10-. The smallest absolute Gasteiger partial charge is 0.244 e. The zero-order valence-electron chi connectivity index (χ0n) is 11.9. The van der Waals surface area contributed by atoms with E-state index in [-0.39, 0.29) is 18.1 Å². The third-order valence-electron chi connectivity index (χ3n) is 2.88. The van der Waals surface area contributed by atoms with Crippen LogP contribution in [0.5, 0.6) is 11.5 Å². The van der Waals surface area contributed by atoms with E-state index in [2.05, 4.69) is 10.5 Å². The first-order valence-corrected chi connectivity index (χ1v) is 7.60. The highest BCUT2D eigenvalue weighted by atomic mass is 127. The van der Waals surface area contributed by atoms with E-state index in [1.165, 1.54) is 13.3 Å². The van der Waals surface area contributed by atoms with Crippen LogP contribution in [0.4, 0.5) is 0 Å². The lowest BCUT2D eigenvalue weighted by molar-refractivity contribution is -0.120. The van der Waals surface area contributed by atoms with Crippen molar-refractivity contribution in [2.24, 2.45) is 5.10 Å². The van der Waals surface area contributed by atoms with Crippen LogP contribution in [-0.4, -0.2) is 24.3 Å². The lowest BCUT2D eigenvalue weighted by Gasteiger charge is -2.06. The summed E-state index contributed by atoms with van der Waals surface area (Å²) in [6, 6.07) is 12.8. The Morgan fingerprint density at radius 1 is 1.36 bits per heavy atom. The molecule has 0 atom stereocenters. The number of hydrogen-bond donors (Lipinski definition) is 2. The maximum absolute atomic E-state index is 11.8. The number of nitrogens with zero attached hydrogens (tertiary/aromatic N) is 1. The van der Waals surface area contributed by atoms with Crippen LogP contribution in [0.3, 0.4) is 0 Å². The maximum Gasteiger partial charge on any atom is 0.244 e. The SMILES string of the molecule is COc1cc(/C=N\NC(=O)Cc2ccccc2)cc(I)c1O. The van der Waals surface area contributed by atoms with E-state index in [9.17, 15) is 9.90 Å². The topological polar surface area (TPSA) is 70.9 Å². The number of benzene rings is 2. The molecule has 0 unspecified atom stereocenters. The lowest BCUT2D eigenvalue weighted by Crippen LogP contribution is -2.19. The molecule has 0 bridgehead atoms. The molecule has 0 saturated carbocycles. The van der Waals surface area contributed by atoms with Crippen LogP contribution in [0.1, 0.15) is 11.1 Å². The molecule has 2 N–H and O–H groups in total. The first kappa shape index (κ1) is 16.3. The summed E-state index contributed by atoms with van der Waals surface area (Å²) in [7, 11) is 1.48. The summed E-state index contributed by atoms with van der Waals surface area (Å²) < 4.78 is 5.72. The number of phenolic OH excluding ortho intramolecular Hbond substituents is 1. The van der Waals surface area contributed by atoms with Gasteiger partial charge in [0, 0.05) is 0 Å². The quantitative estimate of drug-likeness (QED) is 0.453. The van der Waals surface area contributed by atoms with Crippen LogP contribution in [0.25, 0.3) is 0 Å². The lowest BCUT2D eigenvalue weighted by atomic mass is 10.1. The second kappa shape index (κ2) is 7.79. The molecule has 0 radical (unpaired) electrons. The number of nitrogens with one attached hydrogen (secondary N) is 1. The van der Waals surface area contributed by atoms with Crippen LogP contribution in [-0.2, 0) is 11.2 Å². The molecule has 5 nitrogen and oxygen atoms in total. The van der Waals surface area contributed by atoms with E-state index in [1.54, 1.807) is 12.1 Å². The van der Waals surface area contributed by atoms with Gasteiger partial charge in [0.1, 0.15) is 0 Å². The fourth-order valence-corrected chi connectivity index (χ4v) is 2.45. The van der Waals surface area contributed by atoms with Gasteiger partial charge in [-0.15, -0.1) is 0 Å². The highest BCUT2D eigenvalue weighted by Gasteiger charge is 2.07. The molecule has 22 heavy (non-hydrogen) atoms. The van der Waals surface area contributed by atoms with Crippen molar-refractivity contribution < 1.29 is 14.6 Å². The van der Waals surface area contributed by atoms with Crippen molar-refractivity contribution >= 4 is 34.7 Å². The zero-order valence-corrected chi connectivity index (χ0v) is 14.1. The van der Waals surface area contributed by atoms with Crippen LogP contribution >= 0.6 is 22.6 Å². The van der Waals surface area contributed by atoms with Gasteiger partial charge in [0.2, 0.25) is 5.91 Å². The maximum atomic E-state index is 11.8. The first-order valence-electron chi connectivity index (χ1n) is 6.52. The van der Waals surface area contributed by atoms with Gasteiger partial charge in [0.15, 0.2) is 11.5 Å². The fraction of sp³-hybridized carbons (Fsp3) is 0.125. The van der Waals surface area contributed by atoms with Gasteiger partial charge in [0.25, 0.3) is 0 Å². The van der Waals surface area contributed by atoms with Gasteiger partial charge in [-0.25, -0.2) is 5.43 Å². The number of ether oxygens (including phenoxy) is 1. The molecule has 2 aromatic rings. The minimum absolute atomic E-state index is 0.0911. The molecule has 114 valence electrons. The van der Waals surface area contributed by atoms with Gasteiger partial charge in [-0.2, -0.15) is 5.10 Å². The number of methoxy groups -OCH3 is 1. The molecule has 0 spiro atoms. The molecule has 0 aromatic heterocycles. The average molecular weight is 410 g/mol. The molecular weight excluding hydrogens is 395 g/mol. The molecule has 0 aliphatic carbocycles. The van der Waals surface area contributed by atoms with E-state index in [0.717, 1.165) is 11.1 Å². The fourth-order valence-electron chi connectivity index (χ4n) is 1.82. The van der Waals surface area contributed by atoms with Crippen LogP contribution < -0.4 is 10.2 Å². The Bertz CT molecular complexity index is 687. The van der Waals surface area contributed by atoms with Crippen molar-refractivity contribution in [3.63, 3.8) is 0 Å². The Morgan fingerprint density at radius 3 is 2.77 bits per heavy atom. The Kier molecular flexibility index (Phi) is 5.76. The summed E-state index contributed by atoms with van der Waals surface area (Å²) in [5, 5.41) is 13.7. The molecule has 0 aliphatic rings. The molecule has 0 saturated heterocycles. The number of hydrogen-bond acceptors (Lipinski definition) is 4. The summed E-state index contributed by atoms with van der Waals surface area (Å²) in [5.74, 6) is 0.264. The van der Waals surface area contributed by atoms with E-state index < -0.39 is 0 Å². The van der Waals surface area contributed by atoms with Crippen LogP contribution in [0.15, 0.2) is 47.6 Å². The first-order chi connectivity index (χ1) is 10.6. The van der Waals surface area contributed by atoms with E-state index >= 15 is 0 Å². The molecule has 0 aliphatic heterocycles. The van der Waals surface area contributed by atoms with Gasteiger partial charge in [-0.05, 0) is 45.9 Å². The normalized spacial score (nSPS) is 10.6. The zero-order chi connectivity index (χ0) is 15.9. The van der Waals surface area contributed by atoms with E-state index in [4.69, 9.17) is 4.74 Å². The van der Waals surface area contributed by atoms with Crippen molar-refractivity contribution in [3.05, 3.63) is 57.2 Å². The van der Waals surface area contributed by atoms with E-state index in [1.807, 2.05) is 52.9 Å². The van der Waals surface area contributed by atoms with Gasteiger partial charge in [0.05, 0.1) is 23.3 Å². The molecule has 6 heteroatoms. The number of carbonyl (C=O) groups is 1. The number of hydrazone groups is 1. The number of rotatable bonds is 5. The molecular formula is C16H15IN2O3. The summed E-state index contributed by atoms with van der Waals surface area (Å²) in [4.78, 5) is 11.8. The summed E-state index contributed by atoms with van der Waals surface area (Å²) in [6.45, 7) is 0. The molecule has 0 heterocycles. The van der Waals surface area contributed by atoms with Crippen molar-refractivity contribution in [2.45, 2.75) is 6.42 Å². The summed E-state index contributed by atoms with van der Waals surface area (Å²) in [5.41, 5.74) is 4.12. The highest BCUT2D eigenvalue weighted by molar-refractivity contribution is 14.1. The number of halogens is 1. The Balaban J connectivity index is 1.98. The summed E-state index contributed by atoms with van der Waals surface area (Å²) >= 11 is 2.00. The number of phenols is 1. The Morgan fingerprint density at radius 2 is 2.09 bits per heavy atom. The van der Waals surface area contributed by atoms with Gasteiger partial charge >= 0.3 is 0 Å². The van der Waals surface area contributed by atoms with Crippen molar-refractivity contribution in [3.8, 4) is 11.5 Å². The van der Waals surface area contributed by atoms with Crippen LogP contribution in [0, 0.1) is 3.57 Å². The molecule has 1 amide bonds. The summed E-state index contributed by atoms with van der Waals surface area (Å²) in [6.07, 6.45) is 1.78. The Hall–Kier alpha value is -2.09. The minimum Gasteiger partial charge on any atom is -0.504 e. The second-order valence-corrected chi connectivity index (χ2v) is 5.67. The number of aromatic hydroxyl groups is 1. The molecule has 0 fully saturated rings. The van der Waals surface area contributed by atoms with Gasteiger partial charge < -0.3 is 9.84 Å². The third-order valence-corrected chi connectivity index (χ3v) is 3.70. The van der Waals surface area contributed by atoms with Crippen molar-refractivity contribution in [1.29, 1.82) is 0 Å². The second-order valence-electron chi connectivity index (χ2n) is 4.51. The Labute approximate surface area is 142 Å². The minimum atomic E-state index is -0.192. The molecule has 2 rings (SSSR count). The monoisotopic (exact) mass is 410 g/mol. The van der Waals surface area contributed by atoms with Crippen molar-refractivity contribution in [2.75, 3.05) is 7.11 Å². The van der Waals surface area contributed by atoms with Crippen molar-refractivity contribution in [1.82, 2.24) is 5.43 Å². The third kappa shape index (κ3) is 4.45. The number of carbonyl (C=O) groups excluding carboxylic acids is 1. The largest absolute Gasteiger partial charge is 0.504 e. The van der Waals surface area contributed by atoms with Crippen LogP contribution in [0.2, 0.25) is 0 Å². The molecule has 2 aromatic carbocycles. The average Bonchev–Trinajstić information content (AvgIpc) is 2.51. The predicted molar refractivity (Wildman–Crippen MR) is 93.3 cm³/mol. The van der Waals surface area contributed by atoms with Gasteiger partial charge in [-0.1, -0.05) is 30.3 Å². The van der Waals surface area contributed by atoms with Gasteiger partial charge in [-0.3, -0.25) is 4.79 Å².